The van der Waals surface area contributed by atoms with Crippen LogP contribution in [0, 0.1) is 11.3 Å². The Balaban J connectivity index is 1.68. The maximum absolute atomic E-state index is 13.2. The largest absolute Gasteiger partial charge is 0.279 e. The van der Waals surface area contributed by atoms with Crippen LogP contribution < -0.4 is 4.72 Å². The third kappa shape index (κ3) is 4.08. The van der Waals surface area contributed by atoms with E-state index in [1.165, 1.54) is 36.4 Å². The summed E-state index contributed by atoms with van der Waals surface area (Å²) < 4.78 is 28.6. The van der Waals surface area contributed by atoms with Crippen LogP contribution in [0.2, 0.25) is 0 Å². The van der Waals surface area contributed by atoms with Crippen LogP contribution in [0.5, 0.6) is 0 Å². The van der Waals surface area contributed by atoms with Crippen LogP contribution in [-0.4, -0.2) is 25.1 Å². The number of nitrogens with zero attached hydrogens (tertiary/aromatic N) is 2. The molecular weight excluding hydrogens is 438 g/mol. The fourth-order valence-electron chi connectivity index (χ4n) is 3.91. The molecule has 2 amide bonds. The van der Waals surface area contributed by atoms with Gasteiger partial charge >= 0.3 is 0 Å². The Morgan fingerprint density at radius 2 is 1.73 bits per heavy atom. The van der Waals surface area contributed by atoms with Gasteiger partial charge < -0.3 is 0 Å². The minimum absolute atomic E-state index is 0.00588. The first-order valence-electron chi connectivity index (χ1n) is 10.5. The van der Waals surface area contributed by atoms with Crippen molar-refractivity contribution >= 4 is 27.5 Å². The average molecular weight is 462 g/mol. The van der Waals surface area contributed by atoms with Crippen LogP contribution in [0.25, 0.3) is 0 Å². The molecule has 0 radical (unpaired) electrons. The molecule has 33 heavy (non-hydrogen) atoms. The van der Waals surface area contributed by atoms with Crippen molar-refractivity contribution in [3.8, 4) is 6.07 Å². The number of carbonyl (C=O) groups is 2. The number of benzene rings is 2. The monoisotopic (exact) mass is 461 g/mol. The summed E-state index contributed by atoms with van der Waals surface area (Å²) in [7, 11) is -3.99. The zero-order valence-electron chi connectivity index (χ0n) is 18.5. The molecule has 0 saturated carbocycles. The van der Waals surface area contributed by atoms with Gasteiger partial charge in [-0.15, -0.1) is 0 Å². The molecule has 0 atom stereocenters. The third-order valence-corrected chi connectivity index (χ3v) is 7.07. The third-order valence-electron chi connectivity index (χ3n) is 5.69. The predicted octanol–water partition coefficient (Wildman–Crippen LogP) is 4.51. The number of anilines is 1. The molecule has 2 aliphatic rings. The van der Waals surface area contributed by atoms with Gasteiger partial charge in [-0.1, -0.05) is 45.0 Å². The maximum atomic E-state index is 13.2. The van der Waals surface area contributed by atoms with Crippen LogP contribution in [0.3, 0.4) is 0 Å². The van der Waals surface area contributed by atoms with E-state index in [2.05, 4.69) is 4.72 Å². The zero-order valence-corrected chi connectivity index (χ0v) is 19.4. The molecule has 1 N–H and O–H groups in total. The van der Waals surface area contributed by atoms with Crippen molar-refractivity contribution in [3.63, 3.8) is 0 Å². The average Bonchev–Trinajstić information content (AvgIpc) is 3.04. The summed E-state index contributed by atoms with van der Waals surface area (Å²) in [5.41, 5.74) is 1.84. The summed E-state index contributed by atoms with van der Waals surface area (Å²) in [5.74, 6) is -1.14. The molecule has 4 rings (SSSR count). The molecule has 0 saturated heterocycles. The van der Waals surface area contributed by atoms with Crippen molar-refractivity contribution < 1.29 is 18.0 Å². The highest BCUT2D eigenvalue weighted by molar-refractivity contribution is 7.92. The number of nitrogens with one attached hydrogen (secondary N) is 1. The molecule has 1 aliphatic carbocycles. The number of sulfonamides is 1. The first kappa shape index (κ1) is 22.5. The summed E-state index contributed by atoms with van der Waals surface area (Å²) in [6.45, 7) is 6.11. The first-order chi connectivity index (χ1) is 15.5. The van der Waals surface area contributed by atoms with E-state index in [0.29, 0.717) is 24.1 Å². The Labute approximate surface area is 193 Å². The predicted molar refractivity (Wildman–Crippen MR) is 124 cm³/mol. The standard InChI is InChI=1S/C25H23N3O4S/c1-25(2,3)17-10-12-19(13-11-17)33(31,32)27-21-9-5-8-20-22(21)24(30)28(23(20)29)18-7-4-6-16(14-18)15-26/h5-6,8-14,27H,4,7H2,1-3H3. The molecular formula is C25H23N3O4S. The number of rotatable bonds is 4. The fraction of sp³-hybridized carbons (Fsp3) is 0.240. The lowest BCUT2D eigenvalue weighted by Gasteiger charge is -2.20. The molecule has 1 aliphatic heterocycles. The molecule has 2 aromatic carbocycles. The number of fused-ring (bicyclic) bond motifs is 1. The van der Waals surface area contributed by atoms with Gasteiger partial charge in [-0.05, 0) is 54.2 Å². The SMILES string of the molecule is CC(C)(C)c1ccc(S(=O)(=O)Nc2cccc3c2C(=O)N(C2=CC(C#N)=CCC2)C3=O)cc1. The summed E-state index contributed by atoms with van der Waals surface area (Å²) in [4.78, 5) is 27.3. The topological polar surface area (TPSA) is 107 Å². The van der Waals surface area contributed by atoms with Crippen LogP contribution in [0.1, 0.15) is 59.9 Å². The summed E-state index contributed by atoms with van der Waals surface area (Å²) in [5, 5.41) is 9.17. The van der Waals surface area contributed by atoms with Gasteiger partial charge in [0.05, 0.1) is 27.8 Å². The van der Waals surface area contributed by atoms with E-state index in [-0.39, 0.29) is 27.1 Å². The van der Waals surface area contributed by atoms with E-state index in [4.69, 9.17) is 0 Å². The highest BCUT2D eigenvalue weighted by Gasteiger charge is 2.40. The molecule has 7 nitrogen and oxygen atoms in total. The number of nitriles is 1. The van der Waals surface area contributed by atoms with Gasteiger partial charge in [0, 0.05) is 11.3 Å². The molecule has 0 bridgehead atoms. The Morgan fingerprint density at radius 1 is 1.03 bits per heavy atom. The normalized spacial score (nSPS) is 16.1. The van der Waals surface area contributed by atoms with Crippen LogP contribution in [-0.2, 0) is 15.4 Å². The van der Waals surface area contributed by atoms with Gasteiger partial charge in [-0.2, -0.15) is 5.26 Å². The molecule has 0 aromatic heterocycles. The Morgan fingerprint density at radius 3 is 2.36 bits per heavy atom. The van der Waals surface area contributed by atoms with E-state index in [1.807, 2.05) is 26.8 Å². The number of hydrogen-bond acceptors (Lipinski definition) is 5. The quantitative estimate of drug-likeness (QED) is 0.674. The van der Waals surface area contributed by atoms with E-state index >= 15 is 0 Å². The van der Waals surface area contributed by atoms with Gasteiger partial charge in [-0.25, -0.2) is 13.3 Å². The van der Waals surface area contributed by atoms with Crippen molar-refractivity contribution in [1.29, 1.82) is 5.26 Å². The van der Waals surface area contributed by atoms with E-state index in [9.17, 15) is 23.3 Å². The highest BCUT2D eigenvalue weighted by Crippen LogP contribution is 2.35. The maximum Gasteiger partial charge on any atom is 0.268 e. The summed E-state index contributed by atoms with van der Waals surface area (Å²) in [6, 6.07) is 13.1. The Hall–Kier alpha value is -3.70. The molecule has 0 spiro atoms. The number of hydrogen-bond donors (Lipinski definition) is 1. The van der Waals surface area contributed by atoms with Crippen molar-refractivity contribution in [2.24, 2.45) is 0 Å². The molecule has 0 fully saturated rings. The van der Waals surface area contributed by atoms with Crippen molar-refractivity contribution in [2.75, 3.05) is 4.72 Å². The number of imide groups is 1. The lowest BCUT2D eigenvalue weighted by Crippen LogP contribution is -2.30. The Bertz CT molecular complexity index is 1370. The van der Waals surface area contributed by atoms with Crippen molar-refractivity contribution in [3.05, 3.63) is 82.6 Å². The summed E-state index contributed by atoms with van der Waals surface area (Å²) >= 11 is 0. The highest BCUT2D eigenvalue weighted by atomic mass is 32.2. The van der Waals surface area contributed by atoms with Gasteiger partial charge in [0.15, 0.2) is 0 Å². The zero-order chi connectivity index (χ0) is 24.0. The minimum atomic E-state index is -3.99. The second-order valence-electron chi connectivity index (χ2n) is 9.00. The van der Waals surface area contributed by atoms with Crippen molar-refractivity contribution in [1.82, 2.24) is 4.90 Å². The number of amides is 2. The lowest BCUT2D eigenvalue weighted by atomic mass is 9.87. The van der Waals surface area contributed by atoms with E-state index < -0.39 is 21.8 Å². The summed E-state index contributed by atoms with van der Waals surface area (Å²) in [6.07, 6.45) is 4.22. The van der Waals surface area contributed by atoms with Crippen LogP contribution in [0.4, 0.5) is 5.69 Å². The smallest absolute Gasteiger partial charge is 0.268 e. The fourth-order valence-corrected chi connectivity index (χ4v) is 4.98. The van der Waals surface area contributed by atoms with Crippen LogP contribution in [0.15, 0.2) is 70.8 Å². The van der Waals surface area contributed by atoms with Crippen LogP contribution >= 0.6 is 0 Å². The second kappa shape index (κ2) is 8.01. The van der Waals surface area contributed by atoms with Gasteiger partial charge in [0.2, 0.25) is 0 Å². The lowest BCUT2D eigenvalue weighted by molar-refractivity contribution is 0.0699. The van der Waals surface area contributed by atoms with Gasteiger partial charge in [0.1, 0.15) is 0 Å². The Kier molecular flexibility index (Phi) is 5.46. The molecule has 8 heteroatoms. The first-order valence-corrected chi connectivity index (χ1v) is 12.0. The van der Waals surface area contributed by atoms with E-state index in [1.54, 1.807) is 18.2 Å². The van der Waals surface area contributed by atoms with Gasteiger partial charge in [-0.3, -0.25) is 14.3 Å². The number of allylic oxidation sites excluding steroid dienone is 4. The molecule has 2 aromatic rings. The van der Waals surface area contributed by atoms with Crippen molar-refractivity contribution in [2.45, 2.75) is 43.9 Å². The minimum Gasteiger partial charge on any atom is -0.279 e. The van der Waals surface area contributed by atoms with E-state index in [0.717, 1.165) is 10.5 Å². The number of carbonyl (C=O) groups excluding carboxylic acids is 2. The molecule has 0 unspecified atom stereocenters. The molecule has 168 valence electrons. The van der Waals surface area contributed by atoms with Gasteiger partial charge in [0.25, 0.3) is 21.8 Å². The molecule has 1 heterocycles. The second-order valence-corrected chi connectivity index (χ2v) is 10.7.